The first-order valence-electron chi connectivity index (χ1n) is 10.9. The number of ether oxygens (including phenoxy) is 1. The van der Waals surface area contributed by atoms with E-state index in [1.165, 1.54) is 0 Å². The molecule has 4 N–H and O–H groups in total. The van der Waals surface area contributed by atoms with E-state index in [0.29, 0.717) is 26.2 Å². The first-order chi connectivity index (χ1) is 15.2. The third kappa shape index (κ3) is 6.87. The zero-order chi connectivity index (χ0) is 21.9. The largest absolute Gasteiger partial charge is 0.492 e. The quantitative estimate of drug-likeness (QED) is 0.323. The molecule has 1 aromatic carbocycles. The molecule has 1 aromatic heterocycles. The molecule has 1 saturated heterocycles. The summed E-state index contributed by atoms with van der Waals surface area (Å²) in [5, 5.41) is 6.56. The van der Waals surface area contributed by atoms with Crippen LogP contribution in [0.2, 0.25) is 0 Å². The number of rotatable bonds is 9. The summed E-state index contributed by atoms with van der Waals surface area (Å²) < 4.78 is 5.73. The van der Waals surface area contributed by atoms with Gasteiger partial charge in [-0.3, -0.25) is 4.79 Å². The first-order valence-corrected chi connectivity index (χ1v) is 10.9. The van der Waals surface area contributed by atoms with E-state index < -0.39 is 0 Å². The maximum absolute atomic E-state index is 11.6. The molecule has 0 radical (unpaired) electrons. The van der Waals surface area contributed by atoms with Crippen molar-refractivity contribution in [3.63, 3.8) is 0 Å². The molecule has 3 rings (SSSR count). The Labute approximate surface area is 183 Å². The fraction of sp³-hybridized carbons (Fsp3) is 0.435. The molecule has 0 saturated carbocycles. The number of amides is 1. The van der Waals surface area contributed by atoms with Gasteiger partial charge >= 0.3 is 0 Å². The summed E-state index contributed by atoms with van der Waals surface area (Å²) in [6.07, 6.45) is 3.55. The van der Waals surface area contributed by atoms with E-state index in [0.717, 1.165) is 49.0 Å². The van der Waals surface area contributed by atoms with Gasteiger partial charge in [0.1, 0.15) is 18.2 Å². The number of aliphatic imine (C=N–C) groups is 1. The predicted octanol–water partition coefficient (Wildman–Crippen LogP) is 1.92. The number of carbonyl (C=O) groups excluding carboxylic acids is 1. The Morgan fingerprint density at radius 3 is 2.87 bits per heavy atom. The van der Waals surface area contributed by atoms with Crippen LogP contribution in [0.1, 0.15) is 25.3 Å². The highest BCUT2D eigenvalue weighted by Gasteiger charge is 2.25. The van der Waals surface area contributed by atoms with Gasteiger partial charge in [-0.1, -0.05) is 24.3 Å². The van der Waals surface area contributed by atoms with Crippen LogP contribution in [0.4, 0.5) is 5.82 Å². The third-order valence-corrected chi connectivity index (χ3v) is 5.15. The molecule has 1 aliphatic rings. The number of benzene rings is 1. The lowest BCUT2D eigenvalue weighted by atomic mass is 9.97. The van der Waals surface area contributed by atoms with Crippen molar-refractivity contribution in [2.45, 2.75) is 26.3 Å². The van der Waals surface area contributed by atoms with Crippen LogP contribution in [0.15, 0.2) is 53.7 Å². The van der Waals surface area contributed by atoms with Crippen molar-refractivity contribution >= 4 is 17.7 Å². The van der Waals surface area contributed by atoms with Gasteiger partial charge in [0.05, 0.1) is 19.0 Å². The SMILES string of the molecule is CCNC(=NCc1cccnc1N1CCCC(C(N)=O)C1)NCCOc1ccccc1. The number of hydrogen-bond acceptors (Lipinski definition) is 5. The topological polar surface area (TPSA) is 105 Å². The van der Waals surface area contributed by atoms with E-state index in [4.69, 9.17) is 15.5 Å². The first kappa shape index (κ1) is 22.4. The Bertz CT molecular complexity index is 858. The van der Waals surface area contributed by atoms with E-state index in [-0.39, 0.29) is 11.8 Å². The number of pyridine rings is 1. The molecule has 1 aliphatic heterocycles. The monoisotopic (exact) mass is 424 g/mol. The number of para-hydroxylation sites is 1. The lowest BCUT2D eigenvalue weighted by molar-refractivity contribution is -0.122. The van der Waals surface area contributed by atoms with Crippen LogP contribution in [0.25, 0.3) is 0 Å². The number of anilines is 1. The van der Waals surface area contributed by atoms with Crippen molar-refractivity contribution in [2.24, 2.45) is 16.6 Å². The van der Waals surface area contributed by atoms with Crippen LogP contribution in [0.3, 0.4) is 0 Å². The van der Waals surface area contributed by atoms with Gasteiger partial charge in [-0.2, -0.15) is 0 Å². The standard InChI is InChI=1S/C23H32N6O2/c1-2-25-23(27-13-15-31-20-10-4-3-5-11-20)28-16-18-8-6-12-26-22(18)29-14-7-9-19(17-29)21(24)30/h3-6,8,10-12,19H,2,7,9,13-17H2,1H3,(H2,24,30)(H2,25,27,28). The summed E-state index contributed by atoms with van der Waals surface area (Å²) in [6.45, 7) is 5.92. The van der Waals surface area contributed by atoms with E-state index in [2.05, 4.69) is 20.5 Å². The maximum atomic E-state index is 11.6. The number of hydrogen-bond donors (Lipinski definition) is 3. The molecule has 8 heteroatoms. The minimum Gasteiger partial charge on any atom is -0.492 e. The van der Waals surface area contributed by atoms with E-state index >= 15 is 0 Å². The van der Waals surface area contributed by atoms with Crippen LogP contribution in [0.5, 0.6) is 5.75 Å². The van der Waals surface area contributed by atoms with Gasteiger partial charge in [0.2, 0.25) is 5.91 Å². The minimum absolute atomic E-state index is 0.129. The van der Waals surface area contributed by atoms with Gasteiger partial charge in [-0.15, -0.1) is 0 Å². The number of nitrogens with one attached hydrogen (secondary N) is 2. The molecule has 1 amide bonds. The summed E-state index contributed by atoms with van der Waals surface area (Å²) in [7, 11) is 0. The molecule has 1 fully saturated rings. The molecule has 1 atom stereocenters. The van der Waals surface area contributed by atoms with Gasteiger partial charge < -0.3 is 26.0 Å². The van der Waals surface area contributed by atoms with Crippen molar-refractivity contribution in [1.82, 2.24) is 15.6 Å². The highest BCUT2D eigenvalue weighted by atomic mass is 16.5. The normalized spacial score (nSPS) is 16.6. The van der Waals surface area contributed by atoms with Crippen LogP contribution in [-0.4, -0.2) is 49.6 Å². The zero-order valence-corrected chi connectivity index (χ0v) is 18.1. The molecule has 1 unspecified atom stereocenters. The second-order valence-corrected chi connectivity index (χ2v) is 7.46. The van der Waals surface area contributed by atoms with Gasteiger partial charge in [0.25, 0.3) is 0 Å². The van der Waals surface area contributed by atoms with Crippen LogP contribution < -0.4 is 26.0 Å². The van der Waals surface area contributed by atoms with Crippen molar-refractivity contribution in [3.05, 3.63) is 54.2 Å². The lowest BCUT2D eigenvalue weighted by Gasteiger charge is -2.33. The van der Waals surface area contributed by atoms with Crippen LogP contribution >= 0.6 is 0 Å². The van der Waals surface area contributed by atoms with Gasteiger partial charge in [0.15, 0.2) is 5.96 Å². The molecule has 31 heavy (non-hydrogen) atoms. The number of primary amides is 1. The molecular formula is C23H32N6O2. The fourth-order valence-electron chi connectivity index (χ4n) is 3.60. The van der Waals surface area contributed by atoms with E-state index in [1.807, 2.05) is 49.4 Å². The lowest BCUT2D eigenvalue weighted by Crippen LogP contribution is -2.42. The highest BCUT2D eigenvalue weighted by molar-refractivity contribution is 5.80. The van der Waals surface area contributed by atoms with E-state index in [1.54, 1.807) is 6.20 Å². The minimum atomic E-state index is -0.239. The molecular weight excluding hydrogens is 392 g/mol. The smallest absolute Gasteiger partial charge is 0.222 e. The Morgan fingerprint density at radius 1 is 1.26 bits per heavy atom. The van der Waals surface area contributed by atoms with Gasteiger partial charge in [0, 0.05) is 31.4 Å². The number of aromatic nitrogens is 1. The molecule has 0 spiro atoms. The van der Waals surface area contributed by atoms with E-state index in [9.17, 15) is 4.79 Å². The molecule has 2 aromatic rings. The Morgan fingerprint density at radius 2 is 2.10 bits per heavy atom. The average molecular weight is 425 g/mol. The van der Waals surface area contributed by atoms with Gasteiger partial charge in [-0.05, 0) is 38.0 Å². The van der Waals surface area contributed by atoms with Crippen molar-refractivity contribution in [3.8, 4) is 5.75 Å². The summed E-state index contributed by atoms with van der Waals surface area (Å²) in [5.41, 5.74) is 6.56. The number of carbonyl (C=O) groups is 1. The summed E-state index contributed by atoms with van der Waals surface area (Å²) >= 11 is 0. The number of guanidine groups is 1. The zero-order valence-electron chi connectivity index (χ0n) is 18.1. The summed E-state index contributed by atoms with van der Waals surface area (Å²) in [5.74, 6) is 2.08. The van der Waals surface area contributed by atoms with Crippen molar-refractivity contribution < 1.29 is 9.53 Å². The Hall–Kier alpha value is -3.29. The fourth-order valence-corrected chi connectivity index (χ4v) is 3.60. The second kappa shape index (κ2) is 11.8. The molecule has 8 nitrogen and oxygen atoms in total. The summed E-state index contributed by atoms with van der Waals surface area (Å²) in [4.78, 5) is 23.1. The molecule has 166 valence electrons. The Balaban J connectivity index is 1.59. The van der Waals surface area contributed by atoms with Crippen LogP contribution in [-0.2, 0) is 11.3 Å². The number of nitrogens with two attached hydrogens (primary N) is 1. The van der Waals surface area contributed by atoms with Crippen molar-refractivity contribution in [1.29, 1.82) is 0 Å². The second-order valence-electron chi connectivity index (χ2n) is 7.46. The average Bonchev–Trinajstić information content (AvgIpc) is 2.81. The van der Waals surface area contributed by atoms with Gasteiger partial charge in [-0.25, -0.2) is 9.98 Å². The van der Waals surface area contributed by atoms with Crippen LogP contribution in [0, 0.1) is 5.92 Å². The molecule has 0 bridgehead atoms. The van der Waals surface area contributed by atoms with Crippen molar-refractivity contribution in [2.75, 3.05) is 37.7 Å². The summed E-state index contributed by atoms with van der Waals surface area (Å²) in [6, 6.07) is 13.7. The Kier molecular flexibility index (Phi) is 8.51. The predicted molar refractivity (Wildman–Crippen MR) is 123 cm³/mol. The third-order valence-electron chi connectivity index (χ3n) is 5.15. The maximum Gasteiger partial charge on any atom is 0.222 e. The highest BCUT2D eigenvalue weighted by Crippen LogP contribution is 2.24. The number of piperidine rings is 1. The number of nitrogens with zero attached hydrogens (tertiary/aromatic N) is 3. The molecule has 2 heterocycles. The molecule has 0 aliphatic carbocycles.